The summed E-state index contributed by atoms with van der Waals surface area (Å²) >= 11 is 0. The van der Waals surface area contributed by atoms with Crippen LogP contribution in [0.3, 0.4) is 0 Å². The molecule has 0 saturated heterocycles. The number of benzene rings is 2. The first kappa shape index (κ1) is 22.8. The third-order valence-corrected chi connectivity index (χ3v) is 6.51. The van der Waals surface area contributed by atoms with Gasteiger partial charge in [0, 0.05) is 5.56 Å². The molecule has 1 saturated carbocycles. The van der Waals surface area contributed by atoms with Gasteiger partial charge in [0.1, 0.15) is 0 Å². The number of hydrogen-bond acceptors (Lipinski definition) is 1. The Balaban J connectivity index is 1.55. The summed E-state index contributed by atoms with van der Waals surface area (Å²) in [6.45, 7) is 4.84. The van der Waals surface area contributed by atoms with Gasteiger partial charge in [0.15, 0.2) is 11.6 Å². The van der Waals surface area contributed by atoms with E-state index in [0.717, 1.165) is 31.6 Å². The van der Waals surface area contributed by atoms with Crippen LogP contribution in [-0.2, 0) is 6.42 Å². The van der Waals surface area contributed by atoms with Gasteiger partial charge in [0.2, 0.25) is 5.82 Å². The molecule has 1 nitrogen and oxygen atoms in total. The fraction of sp³-hybridized carbons (Fsp3) is 0.556. The van der Waals surface area contributed by atoms with Crippen LogP contribution < -0.4 is 4.74 Å². The zero-order chi connectivity index (χ0) is 21.3. The third-order valence-electron chi connectivity index (χ3n) is 6.51. The Morgan fingerprint density at radius 3 is 2.17 bits per heavy atom. The summed E-state index contributed by atoms with van der Waals surface area (Å²) in [6, 6.07) is 10.9. The van der Waals surface area contributed by atoms with Gasteiger partial charge >= 0.3 is 0 Å². The average Bonchev–Trinajstić information content (AvgIpc) is 2.77. The van der Waals surface area contributed by atoms with Gasteiger partial charge in [-0.1, -0.05) is 83.1 Å². The van der Waals surface area contributed by atoms with E-state index < -0.39 is 11.6 Å². The van der Waals surface area contributed by atoms with Crippen LogP contribution in [0.2, 0.25) is 0 Å². The molecule has 0 aliphatic heterocycles. The van der Waals surface area contributed by atoms with Crippen molar-refractivity contribution in [3.8, 4) is 16.9 Å². The summed E-state index contributed by atoms with van der Waals surface area (Å²) in [4.78, 5) is 0. The van der Waals surface area contributed by atoms with Crippen LogP contribution in [0.5, 0.6) is 5.75 Å². The molecule has 0 N–H and O–H groups in total. The predicted molar refractivity (Wildman–Crippen MR) is 121 cm³/mol. The summed E-state index contributed by atoms with van der Waals surface area (Å²) in [5.41, 5.74) is 2.19. The van der Waals surface area contributed by atoms with Crippen molar-refractivity contribution in [1.29, 1.82) is 0 Å². The molecule has 2 aromatic rings. The highest BCUT2D eigenvalue weighted by molar-refractivity contribution is 5.65. The minimum absolute atomic E-state index is 0.0314. The molecule has 0 spiro atoms. The molecule has 1 aliphatic carbocycles. The molecule has 0 atom stereocenters. The predicted octanol–water partition coefficient (Wildman–Crippen LogP) is 8.35. The molecular weight excluding hydrogens is 378 g/mol. The summed E-state index contributed by atoms with van der Waals surface area (Å²) in [5, 5.41) is 0. The monoisotopic (exact) mass is 414 g/mol. The number of ether oxygens (including phenoxy) is 1. The van der Waals surface area contributed by atoms with Crippen LogP contribution in [-0.4, -0.2) is 6.61 Å². The number of halogens is 2. The minimum atomic E-state index is -0.876. The fourth-order valence-corrected chi connectivity index (χ4v) is 4.58. The maximum absolute atomic E-state index is 14.7. The zero-order valence-electron chi connectivity index (χ0n) is 18.6. The van der Waals surface area contributed by atoms with E-state index in [1.54, 1.807) is 12.1 Å². The molecule has 0 bridgehead atoms. The number of unbranched alkanes of at least 4 members (excludes halogenated alkanes) is 2. The van der Waals surface area contributed by atoms with E-state index >= 15 is 0 Å². The molecule has 2 aromatic carbocycles. The van der Waals surface area contributed by atoms with E-state index in [4.69, 9.17) is 4.74 Å². The Morgan fingerprint density at radius 1 is 0.800 bits per heavy atom. The van der Waals surface area contributed by atoms with E-state index in [1.165, 1.54) is 44.1 Å². The maximum atomic E-state index is 14.7. The van der Waals surface area contributed by atoms with Crippen LogP contribution in [0.15, 0.2) is 36.4 Å². The summed E-state index contributed by atoms with van der Waals surface area (Å²) < 4.78 is 35.1. The molecule has 0 radical (unpaired) electrons. The zero-order valence-corrected chi connectivity index (χ0v) is 18.6. The van der Waals surface area contributed by atoms with E-state index in [-0.39, 0.29) is 11.3 Å². The van der Waals surface area contributed by atoms with Crippen LogP contribution in [0.25, 0.3) is 11.1 Å². The molecule has 3 heteroatoms. The SMILES string of the molecule is CCCCC[C@H]1CC[C@H](COc2ccc(-c3ccc(CCC)cc3)c(F)c2F)CC1. The Labute approximate surface area is 180 Å². The highest BCUT2D eigenvalue weighted by Gasteiger charge is 2.22. The van der Waals surface area contributed by atoms with Crippen molar-refractivity contribution in [2.24, 2.45) is 11.8 Å². The number of hydrogen-bond donors (Lipinski definition) is 0. The topological polar surface area (TPSA) is 9.23 Å². The van der Waals surface area contributed by atoms with Crippen LogP contribution >= 0.6 is 0 Å². The Hall–Kier alpha value is -1.90. The molecule has 164 valence electrons. The fourth-order valence-electron chi connectivity index (χ4n) is 4.58. The molecule has 0 unspecified atom stereocenters. The lowest BCUT2D eigenvalue weighted by atomic mass is 9.80. The van der Waals surface area contributed by atoms with Gasteiger partial charge in [-0.3, -0.25) is 0 Å². The second kappa shape index (κ2) is 11.5. The minimum Gasteiger partial charge on any atom is -0.490 e. The molecule has 0 amide bonds. The van der Waals surface area contributed by atoms with Crippen molar-refractivity contribution in [1.82, 2.24) is 0 Å². The van der Waals surface area contributed by atoms with Gasteiger partial charge < -0.3 is 4.74 Å². The van der Waals surface area contributed by atoms with E-state index in [0.29, 0.717) is 18.1 Å². The van der Waals surface area contributed by atoms with E-state index in [2.05, 4.69) is 13.8 Å². The van der Waals surface area contributed by atoms with Crippen molar-refractivity contribution in [2.45, 2.75) is 78.1 Å². The summed E-state index contributed by atoms with van der Waals surface area (Å²) in [6.07, 6.45) is 12.1. The molecule has 1 aliphatic rings. The average molecular weight is 415 g/mol. The largest absolute Gasteiger partial charge is 0.490 e. The van der Waals surface area contributed by atoms with Gasteiger partial charge in [0.25, 0.3) is 0 Å². The molecule has 30 heavy (non-hydrogen) atoms. The van der Waals surface area contributed by atoms with Gasteiger partial charge in [-0.15, -0.1) is 0 Å². The Kier molecular flexibility index (Phi) is 8.72. The highest BCUT2D eigenvalue weighted by atomic mass is 19.2. The molecule has 3 rings (SSSR count). The number of aryl methyl sites for hydroxylation is 1. The van der Waals surface area contributed by atoms with Crippen molar-refractivity contribution in [3.05, 3.63) is 53.6 Å². The Bertz CT molecular complexity index is 776. The lowest BCUT2D eigenvalue weighted by molar-refractivity contribution is 0.172. The van der Waals surface area contributed by atoms with Crippen LogP contribution in [0.1, 0.15) is 77.2 Å². The standard InChI is InChI=1S/C27H36F2O/c1-3-5-6-8-21-9-11-22(12-10-21)19-30-25-18-17-24(26(28)27(25)29)23-15-13-20(7-4-2)14-16-23/h13-18,21-22H,3-12,19H2,1-2H3/t21-,22-. The lowest BCUT2D eigenvalue weighted by Gasteiger charge is -2.28. The second-order valence-corrected chi connectivity index (χ2v) is 8.88. The molecule has 0 heterocycles. The first-order valence-electron chi connectivity index (χ1n) is 11.8. The van der Waals surface area contributed by atoms with Crippen molar-refractivity contribution in [3.63, 3.8) is 0 Å². The van der Waals surface area contributed by atoms with Crippen LogP contribution in [0.4, 0.5) is 8.78 Å². The Morgan fingerprint density at radius 2 is 1.50 bits per heavy atom. The van der Waals surface area contributed by atoms with Crippen LogP contribution in [0, 0.1) is 23.5 Å². The van der Waals surface area contributed by atoms with Gasteiger partial charge in [0.05, 0.1) is 6.61 Å². The van der Waals surface area contributed by atoms with Crippen molar-refractivity contribution >= 4 is 0 Å². The van der Waals surface area contributed by atoms with E-state index in [1.807, 2.05) is 24.3 Å². The van der Waals surface area contributed by atoms with Crippen molar-refractivity contribution in [2.75, 3.05) is 6.61 Å². The second-order valence-electron chi connectivity index (χ2n) is 8.88. The van der Waals surface area contributed by atoms with E-state index in [9.17, 15) is 8.78 Å². The van der Waals surface area contributed by atoms with Gasteiger partial charge in [-0.2, -0.15) is 4.39 Å². The smallest absolute Gasteiger partial charge is 0.201 e. The first-order valence-corrected chi connectivity index (χ1v) is 11.8. The summed E-state index contributed by atoms with van der Waals surface area (Å²) in [7, 11) is 0. The van der Waals surface area contributed by atoms with Gasteiger partial charge in [-0.05, 0) is 54.4 Å². The first-order chi connectivity index (χ1) is 14.6. The highest BCUT2D eigenvalue weighted by Crippen LogP contribution is 2.34. The molecule has 0 aromatic heterocycles. The number of rotatable bonds is 10. The van der Waals surface area contributed by atoms with Crippen molar-refractivity contribution < 1.29 is 13.5 Å². The molecule has 1 fully saturated rings. The lowest BCUT2D eigenvalue weighted by Crippen LogP contribution is -2.20. The normalized spacial score (nSPS) is 19.1. The van der Waals surface area contributed by atoms with Gasteiger partial charge in [-0.25, -0.2) is 4.39 Å². The molecular formula is C27H36F2O. The summed E-state index contributed by atoms with van der Waals surface area (Å²) in [5.74, 6) is -0.386. The third kappa shape index (κ3) is 6.06. The maximum Gasteiger partial charge on any atom is 0.201 e. The quantitative estimate of drug-likeness (QED) is 0.355.